The Morgan fingerprint density at radius 2 is 1.93 bits per heavy atom. The number of nitrogens with zero attached hydrogens (tertiary/aromatic N) is 4. The summed E-state index contributed by atoms with van der Waals surface area (Å²) in [5, 5.41) is 13.6. The fraction of sp³-hybridized carbons (Fsp3) is 0.348. The van der Waals surface area contributed by atoms with Crippen LogP contribution in [0.3, 0.4) is 0 Å². The van der Waals surface area contributed by atoms with E-state index in [9.17, 15) is 5.11 Å². The van der Waals surface area contributed by atoms with Crippen molar-refractivity contribution in [2.24, 2.45) is 0 Å². The molecule has 0 saturated carbocycles. The van der Waals surface area contributed by atoms with Crippen molar-refractivity contribution < 1.29 is 5.11 Å². The molecule has 1 fully saturated rings. The zero-order valence-corrected chi connectivity index (χ0v) is 18.1. The van der Waals surface area contributed by atoms with Gasteiger partial charge < -0.3 is 19.9 Å². The van der Waals surface area contributed by atoms with Crippen molar-refractivity contribution in [3.05, 3.63) is 83.2 Å². The Bertz CT molecular complexity index is 1010. The molecule has 0 unspecified atom stereocenters. The minimum absolute atomic E-state index is 0.0244. The van der Waals surface area contributed by atoms with Crippen LogP contribution in [-0.2, 0) is 6.54 Å². The molecule has 2 N–H and O–H groups in total. The summed E-state index contributed by atoms with van der Waals surface area (Å²) in [7, 11) is 0. The van der Waals surface area contributed by atoms with Crippen LogP contribution in [0.1, 0.15) is 46.7 Å². The van der Waals surface area contributed by atoms with Crippen molar-refractivity contribution in [1.29, 1.82) is 0 Å². The molecule has 0 aromatic carbocycles. The van der Waals surface area contributed by atoms with Crippen molar-refractivity contribution in [1.82, 2.24) is 24.8 Å². The van der Waals surface area contributed by atoms with Crippen molar-refractivity contribution in [3.8, 4) is 0 Å². The van der Waals surface area contributed by atoms with Crippen LogP contribution in [-0.4, -0.2) is 42.8 Å². The van der Waals surface area contributed by atoms with Crippen LogP contribution in [0.15, 0.2) is 55.0 Å². The number of thiocarbonyl (C=S) groups is 1. The molecule has 1 saturated heterocycles. The molecule has 0 amide bonds. The summed E-state index contributed by atoms with van der Waals surface area (Å²) in [6.07, 6.45) is 6.15. The maximum absolute atomic E-state index is 9.41. The molecule has 3 aromatic rings. The quantitative estimate of drug-likeness (QED) is 0.571. The van der Waals surface area contributed by atoms with Crippen molar-refractivity contribution in [3.63, 3.8) is 0 Å². The van der Waals surface area contributed by atoms with Crippen LogP contribution in [0.2, 0.25) is 0 Å². The van der Waals surface area contributed by atoms with E-state index in [1.807, 2.05) is 36.8 Å². The Labute approximate surface area is 182 Å². The molecular weight excluding hydrogens is 394 g/mol. The van der Waals surface area contributed by atoms with Gasteiger partial charge in [0.1, 0.15) is 0 Å². The number of aliphatic hydroxyl groups is 1. The summed E-state index contributed by atoms with van der Waals surface area (Å²) in [5.41, 5.74) is 5.85. The van der Waals surface area contributed by atoms with Gasteiger partial charge in [-0.15, -0.1) is 0 Å². The van der Waals surface area contributed by atoms with Crippen LogP contribution in [0.25, 0.3) is 0 Å². The molecule has 0 radical (unpaired) electrons. The Kier molecular flexibility index (Phi) is 6.11. The minimum Gasteiger partial charge on any atom is -0.396 e. The first-order valence-corrected chi connectivity index (χ1v) is 10.7. The van der Waals surface area contributed by atoms with E-state index in [1.165, 1.54) is 22.5 Å². The zero-order valence-electron chi connectivity index (χ0n) is 17.3. The Hall–Kier alpha value is -2.77. The molecule has 7 heteroatoms. The third-order valence-electron chi connectivity index (χ3n) is 5.78. The molecule has 2 atom stereocenters. The van der Waals surface area contributed by atoms with Crippen molar-refractivity contribution in [2.45, 2.75) is 38.9 Å². The van der Waals surface area contributed by atoms with Gasteiger partial charge in [0.25, 0.3) is 0 Å². The van der Waals surface area contributed by atoms with Gasteiger partial charge in [-0.2, -0.15) is 0 Å². The summed E-state index contributed by atoms with van der Waals surface area (Å²) in [4.78, 5) is 10.9. The number of aryl methyl sites for hydroxylation is 1. The topological polar surface area (TPSA) is 66.2 Å². The first-order chi connectivity index (χ1) is 14.6. The zero-order chi connectivity index (χ0) is 21.1. The fourth-order valence-electron chi connectivity index (χ4n) is 4.27. The van der Waals surface area contributed by atoms with Crippen LogP contribution in [0, 0.1) is 13.8 Å². The minimum atomic E-state index is -0.0349. The Balaban J connectivity index is 1.74. The van der Waals surface area contributed by atoms with Crippen molar-refractivity contribution >= 4 is 17.3 Å². The third kappa shape index (κ3) is 3.95. The van der Waals surface area contributed by atoms with Gasteiger partial charge in [0.15, 0.2) is 5.11 Å². The third-order valence-corrected chi connectivity index (χ3v) is 6.13. The van der Waals surface area contributed by atoms with E-state index in [1.54, 1.807) is 0 Å². The molecule has 0 bridgehead atoms. The highest BCUT2D eigenvalue weighted by molar-refractivity contribution is 7.80. The molecule has 0 spiro atoms. The Morgan fingerprint density at radius 3 is 2.63 bits per heavy atom. The smallest absolute Gasteiger partial charge is 0.170 e. The predicted molar refractivity (Wildman–Crippen MR) is 121 cm³/mol. The van der Waals surface area contributed by atoms with E-state index in [0.717, 1.165) is 12.2 Å². The molecule has 156 valence electrons. The second-order valence-corrected chi connectivity index (χ2v) is 8.05. The number of pyridine rings is 2. The summed E-state index contributed by atoms with van der Waals surface area (Å²) >= 11 is 5.69. The molecule has 4 heterocycles. The number of aliphatic hydroxyl groups excluding tert-OH is 1. The lowest BCUT2D eigenvalue weighted by atomic mass is 9.96. The van der Waals surface area contributed by atoms with Gasteiger partial charge in [0.05, 0.1) is 17.8 Å². The van der Waals surface area contributed by atoms with Gasteiger partial charge >= 0.3 is 0 Å². The highest BCUT2D eigenvalue weighted by Crippen LogP contribution is 2.40. The van der Waals surface area contributed by atoms with E-state index < -0.39 is 0 Å². The molecule has 4 rings (SSSR count). The van der Waals surface area contributed by atoms with Gasteiger partial charge in [0, 0.05) is 49.7 Å². The van der Waals surface area contributed by atoms with Gasteiger partial charge in [-0.05, 0) is 73.9 Å². The molecule has 3 aromatic heterocycles. The lowest BCUT2D eigenvalue weighted by Crippen LogP contribution is -2.31. The second kappa shape index (κ2) is 8.93. The molecule has 1 aliphatic rings. The van der Waals surface area contributed by atoms with Crippen molar-refractivity contribution in [2.75, 3.05) is 13.2 Å². The molecule has 30 heavy (non-hydrogen) atoms. The van der Waals surface area contributed by atoms with Crippen LogP contribution in [0.4, 0.5) is 0 Å². The largest absolute Gasteiger partial charge is 0.396 e. The fourth-order valence-corrected chi connectivity index (χ4v) is 4.60. The first kappa shape index (κ1) is 20.5. The molecule has 0 aliphatic carbocycles. The summed E-state index contributed by atoms with van der Waals surface area (Å²) in [6.45, 7) is 5.96. The standard InChI is InChI=1S/C23H27N5OS/c1-16-14-19(17(2)28(16)15-18-7-10-24-11-8-18)22-21(20-6-3-4-9-25-20)26-23(30)27(22)12-5-13-29/h3-4,6-11,14,21-22,29H,5,12-13,15H2,1-2H3,(H,26,30)/t21-,22+/m1/s1. The summed E-state index contributed by atoms with van der Waals surface area (Å²) < 4.78 is 2.34. The number of hydrogen-bond acceptors (Lipinski definition) is 4. The SMILES string of the molecule is Cc1cc([C@H]2[C@@H](c3ccccn3)NC(=S)N2CCCO)c(C)n1Cc1ccncc1. The maximum Gasteiger partial charge on any atom is 0.170 e. The van der Waals surface area contributed by atoms with E-state index in [4.69, 9.17) is 12.2 Å². The van der Waals surface area contributed by atoms with E-state index in [2.05, 4.69) is 56.8 Å². The Morgan fingerprint density at radius 1 is 1.13 bits per heavy atom. The van der Waals surface area contributed by atoms with Crippen LogP contribution in [0.5, 0.6) is 0 Å². The van der Waals surface area contributed by atoms with Crippen LogP contribution >= 0.6 is 12.2 Å². The lowest BCUT2D eigenvalue weighted by molar-refractivity contribution is 0.247. The lowest BCUT2D eigenvalue weighted by Gasteiger charge is -2.28. The maximum atomic E-state index is 9.41. The van der Waals surface area contributed by atoms with E-state index in [0.29, 0.717) is 18.1 Å². The van der Waals surface area contributed by atoms with E-state index >= 15 is 0 Å². The molecule has 6 nitrogen and oxygen atoms in total. The normalized spacial score (nSPS) is 18.6. The number of nitrogens with one attached hydrogen (secondary N) is 1. The van der Waals surface area contributed by atoms with Gasteiger partial charge in [-0.1, -0.05) is 6.07 Å². The number of aromatic nitrogens is 3. The first-order valence-electron chi connectivity index (χ1n) is 10.2. The highest BCUT2D eigenvalue weighted by atomic mass is 32.1. The second-order valence-electron chi connectivity index (χ2n) is 7.67. The summed E-state index contributed by atoms with van der Waals surface area (Å²) in [6, 6.07) is 12.3. The highest BCUT2D eigenvalue weighted by Gasteiger charge is 2.40. The van der Waals surface area contributed by atoms with Crippen LogP contribution < -0.4 is 5.32 Å². The van der Waals surface area contributed by atoms with Gasteiger partial charge in [-0.3, -0.25) is 9.97 Å². The van der Waals surface area contributed by atoms with Gasteiger partial charge in [0.2, 0.25) is 0 Å². The van der Waals surface area contributed by atoms with Gasteiger partial charge in [-0.25, -0.2) is 0 Å². The monoisotopic (exact) mass is 421 g/mol. The average Bonchev–Trinajstić information content (AvgIpc) is 3.24. The molecular formula is C23H27N5OS. The predicted octanol–water partition coefficient (Wildman–Crippen LogP) is 3.30. The summed E-state index contributed by atoms with van der Waals surface area (Å²) in [5.74, 6) is 0. The number of rotatable bonds is 7. The van der Waals surface area contributed by atoms with E-state index in [-0.39, 0.29) is 18.7 Å². The average molecular weight is 422 g/mol. The molecule has 1 aliphatic heterocycles. The number of hydrogen-bond donors (Lipinski definition) is 2.